The zero-order valence-electron chi connectivity index (χ0n) is 27.5. The van der Waals surface area contributed by atoms with Gasteiger partial charge in [0, 0.05) is 36.1 Å². The van der Waals surface area contributed by atoms with Crippen LogP contribution in [0.1, 0.15) is 81.0 Å². The van der Waals surface area contributed by atoms with Crippen molar-refractivity contribution in [2.24, 2.45) is 5.10 Å². The number of hydrogen-bond acceptors (Lipinski definition) is 7. The van der Waals surface area contributed by atoms with Crippen LogP contribution in [0.25, 0.3) is 0 Å². The van der Waals surface area contributed by atoms with E-state index in [1.807, 2.05) is 18.2 Å². The highest BCUT2D eigenvalue weighted by atomic mass is 35.5. The number of rotatable bonds is 14. The van der Waals surface area contributed by atoms with Gasteiger partial charge >= 0.3 is 6.18 Å². The summed E-state index contributed by atoms with van der Waals surface area (Å²) in [5.74, 6) is -0.860. The maximum atomic E-state index is 13.6. The Bertz CT molecular complexity index is 1640. The van der Waals surface area contributed by atoms with Gasteiger partial charge in [-0.15, -0.1) is 11.3 Å². The Morgan fingerprint density at radius 1 is 1.10 bits per heavy atom. The topological polar surface area (TPSA) is 80.3 Å². The third-order valence-electron chi connectivity index (χ3n) is 8.83. The average molecular weight is 703 g/mol. The number of anilines is 1. The summed E-state index contributed by atoms with van der Waals surface area (Å²) < 4.78 is 39.9. The fraction of sp³-hybridized carbons (Fsp3) is 0.457. The van der Waals surface area contributed by atoms with E-state index in [0.29, 0.717) is 41.7 Å². The summed E-state index contributed by atoms with van der Waals surface area (Å²) >= 11 is 7.12. The molecule has 2 aliphatic rings. The van der Waals surface area contributed by atoms with Gasteiger partial charge in [0.25, 0.3) is 11.8 Å². The fourth-order valence-electron chi connectivity index (χ4n) is 6.05. The molecule has 5 rings (SSSR count). The summed E-state index contributed by atoms with van der Waals surface area (Å²) in [5.41, 5.74) is 4.32. The lowest BCUT2D eigenvalue weighted by Crippen LogP contribution is -2.32. The number of benzene rings is 2. The highest BCUT2D eigenvalue weighted by molar-refractivity contribution is 7.17. The van der Waals surface area contributed by atoms with Gasteiger partial charge in [0.05, 0.1) is 22.4 Å². The number of carbonyl (C=O) groups is 2. The number of halogens is 4. The van der Waals surface area contributed by atoms with Crippen molar-refractivity contribution in [3.05, 3.63) is 85.7 Å². The smallest absolute Gasteiger partial charge is 0.313 e. The Kier molecular flexibility index (Phi) is 12.0. The van der Waals surface area contributed by atoms with Crippen molar-refractivity contribution in [3.8, 4) is 0 Å². The van der Waals surface area contributed by atoms with Crippen LogP contribution >= 0.6 is 22.9 Å². The zero-order valence-corrected chi connectivity index (χ0v) is 29.1. The number of nitrogens with one attached hydrogen (secondary N) is 2. The predicted octanol–water partition coefficient (Wildman–Crippen LogP) is 7.12. The molecule has 3 aromatic rings. The summed E-state index contributed by atoms with van der Waals surface area (Å²) in [6.07, 6.45) is 0.544. The number of hydrogen-bond donors (Lipinski definition) is 2. The summed E-state index contributed by atoms with van der Waals surface area (Å²) in [4.78, 5) is 35.2. The van der Waals surface area contributed by atoms with Crippen LogP contribution in [-0.2, 0) is 25.7 Å². The van der Waals surface area contributed by atoms with Crippen molar-refractivity contribution < 1.29 is 22.8 Å². The molecule has 1 saturated carbocycles. The third-order valence-corrected chi connectivity index (χ3v) is 10.3. The van der Waals surface area contributed by atoms with Crippen LogP contribution in [0.2, 0.25) is 5.02 Å². The van der Waals surface area contributed by atoms with E-state index in [0.717, 1.165) is 86.3 Å². The quantitative estimate of drug-likeness (QED) is 0.138. The molecule has 48 heavy (non-hydrogen) atoms. The number of thiophene rings is 1. The SMILES string of the molecule is CCN(CC)CCCN(C)Cc1cccc(C(=O)Nc2sc3c(c2C(=O)N/N=C/c2ccc(Cl)c(C(F)(F)F)c2)CCN(C2CC2)C3)c1. The Morgan fingerprint density at radius 2 is 1.88 bits per heavy atom. The lowest BCUT2D eigenvalue weighted by Gasteiger charge is -2.26. The van der Waals surface area contributed by atoms with Gasteiger partial charge in [0.2, 0.25) is 0 Å². The van der Waals surface area contributed by atoms with Crippen LogP contribution in [-0.4, -0.2) is 78.5 Å². The van der Waals surface area contributed by atoms with Crippen LogP contribution in [0.5, 0.6) is 0 Å². The molecule has 2 aromatic carbocycles. The van der Waals surface area contributed by atoms with E-state index >= 15 is 0 Å². The average Bonchev–Trinajstić information content (AvgIpc) is 3.84. The normalized spacial score (nSPS) is 15.4. The molecule has 0 spiro atoms. The second-order valence-corrected chi connectivity index (χ2v) is 13.9. The molecular weight excluding hydrogens is 661 g/mol. The van der Waals surface area contributed by atoms with Crippen LogP contribution < -0.4 is 10.7 Å². The van der Waals surface area contributed by atoms with Gasteiger partial charge in [0.1, 0.15) is 5.00 Å². The number of hydrazone groups is 1. The van der Waals surface area contributed by atoms with E-state index in [2.05, 4.69) is 51.4 Å². The molecule has 1 aliphatic carbocycles. The number of carbonyl (C=O) groups excluding carboxylic acids is 2. The number of fused-ring (bicyclic) bond motifs is 1. The Morgan fingerprint density at radius 3 is 2.58 bits per heavy atom. The summed E-state index contributed by atoms with van der Waals surface area (Å²) in [6.45, 7) is 10.6. The maximum absolute atomic E-state index is 13.6. The molecule has 1 aliphatic heterocycles. The Labute approximate surface area is 288 Å². The zero-order chi connectivity index (χ0) is 34.4. The monoisotopic (exact) mass is 702 g/mol. The van der Waals surface area contributed by atoms with E-state index in [9.17, 15) is 22.8 Å². The second-order valence-electron chi connectivity index (χ2n) is 12.4. The lowest BCUT2D eigenvalue weighted by atomic mass is 10.0. The molecule has 2 heterocycles. The number of alkyl halides is 3. The molecule has 0 bridgehead atoms. The summed E-state index contributed by atoms with van der Waals surface area (Å²) in [7, 11) is 2.08. The van der Waals surface area contributed by atoms with Crippen molar-refractivity contribution in [2.75, 3.05) is 45.1 Å². The first-order chi connectivity index (χ1) is 23.0. The van der Waals surface area contributed by atoms with E-state index in [1.54, 1.807) is 6.07 Å². The molecule has 0 unspecified atom stereocenters. The fourth-order valence-corrected chi connectivity index (χ4v) is 7.54. The van der Waals surface area contributed by atoms with Crippen molar-refractivity contribution in [1.29, 1.82) is 0 Å². The predicted molar refractivity (Wildman–Crippen MR) is 186 cm³/mol. The van der Waals surface area contributed by atoms with E-state index in [-0.39, 0.29) is 11.5 Å². The second kappa shape index (κ2) is 15.9. The molecule has 0 atom stereocenters. The molecule has 2 N–H and O–H groups in total. The molecule has 0 saturated heterocycles. The van der Waals surface area contributed by atoms with Crippen molar-refractivity contribution in [1.82, 2.24) is 20.1 Å². The molecule has 0 radical (unpaired) electrons. The van der Waals surface area contributed by atoms with Gasteiger partial charge in [-0.1, -0.05) is 43.6 Å². The molecule has 1 aromatic heterocycles. The molecule has 1 fully saturated rings. The molecule has 8 nitrogen and oxygen atoms in total. The molecule has 13 heteroatoms. The first-order valence-electron chi connectivity index (χ1n) is 16.4. The van der Waals surface area contributed by atoms with Crippen molar-refractivity contribution in [2.45, 2.75) is 64.8 Å². The minimum atomic E-state index is -4.62. The molecular formula is C35H42ClF3N6O2S. The summed E-state index contributed by atoms with van der Waals surface area (Å²) in [5, 5.41) is 6.95. The maximum Gasteiger partial charge on any atom is 0.417 e. The minimum Gasteiger partial charge on any atom is -0.313 e. The van der Waals surface area contributed by atoms with Gasteiger partial charge in [-0.05, 0) is 99.9 Å². The first kappa shape index (κ1) is 36.0. The van der Waals surface area contributed by atoms with Gasteiger partial charge in [-0.2, -0.15) is 18.3 Å². The van der Waals surface area contributed by atoms with Crippen molar-refractivity contribution >= 4 is 46.0 Å². The van der Waals surface area contributed by atoms with E-state index < -0.39 is 22.7 Å². The van der Waals surface area contributed by atoms with E-state index in [1.165, 1.54) is 17.4 Å². The van der Waals surface area contributed by atoms with Gasteiger partial charge in [-0.25, -0.2) is 5.43 Å². The summed E-state index contributed by atoms with van der Waals surface area (Å²) in [6, 6.07) is 11.5. The Balaban J connectivity index is 1.30. The largest absolute Gasteiger partial charge is 0.417 e. The third kappa shape index (κ3) is 9.23. The first-order valence-corrected chi connectivity index (χ1v) is 17.6. The van der Waals surface area contributed by atoms with E-state index in [4.69, 9.17) is 11.6 Å². The Hall–Kier alpha value is -3.29. The molecule has 2 amide bonds. The van der Waals surface area contributed by atoms with Gasteiger partial charge < -0.3 is 15.1 Å². The molecule has 258 valence electrons. The highest BCUT2D eigenvalue weighted by Gasteiger charge is 2.35. The van der Waals surface area contributed by atoms with Crippen LogP contribution in [0.4, 0.5) is 18.2 Å². The minimum absolute atomic E-state index is 0.127. The standard InChI is InChI=1S/C35H42ClF3N6O2S/c1-4-44(5-2)16-7-15-43(3)21-24-8-6-9-25(18-24)32(46)41-34-31(27-14-17-45(26-11-12-26)22-30(27)48-34)33(47)42-40-20-23-10-13-29(36)28(19-23)35(37,38)39/h6,8-10,13,18-20,26H,4-5,7,11-12,14-17,21-22H2,1-3H3,(H,41,46)(H,42,47)/b40-20+. The van der Waals surface area contributed by atoms with Crippen LogP contribution in [0.15, 0.2) is 47.6 Å². The lowest BCUT2D eigenvalue weighted by molar-refractivity contribution is -0.137. The number of nitrogens with zero attached hydrogens (tertiary/aromatic N) is 4. The van der Waals surface area contributed by atoms with Gasteiger partial charge in [0.15, 0.2) is 0 Å². The highest BCUT2D eigenvalue weighted by Crippen LogP contribution is 2.40. The number of amides is 2. The van der Waals surface area contributed by atoms with Crippen molar-refractivity contribution in [3.63, 3.8) is 0 Å². The van der Waals surface area contributed by atoms with Gasteiger partial charge in [-0.3, -0.25) is 14.5 Å². The van der Waals surface area contributed by atoms with Crippen LogP contribution in [0.3, 0.4) is 0 Å². The van der Waals surface area contributed by atoms with Crippen LogP contribution in [0, 0.1) is 0 Å².